The first-order valence-electron chi connectivity index (χ1n) is 7.30. The van der Waals surface area contributed by atoms with E-state index in [0.717, 1.165) is 16.7 Å². The van der Waals surface area contributed by atoms with E-state index in [1.165, 1.54) is 13.1 Å². The van der Waals surface area contributed by atoms with Gasteiger partial charge >= 0.3 is 11.9 Å². The number of aromatic nitrogens is 1. The highest BCUT2D eigenvalue weighted by Gasteiger charge is 2.49. The topological polar surface area (TPSA) is 72.5 Å². The summed E-state index contributed by atoms with van der Waals surface area (Å²) in [6.07, 6.45) is -4.18. The summed E-state index contributed by atoms with van der Waals surface area (Å²) in [6.45, 7) is -0.186. The number of fused-ring (bicyclic) bond motifs is 1. The van der Waals surface area contributed by atoms with Crippen molar-refractivity contribution in [3.63, 3.8) is 0 Å². The standard InChI is InChI=1S/C14H15F3N2O4S/c1-18-10-8-9(5-6-11(10)23-13(18)20)24(21,22)19-7-3-2-4-12(19)14(15,16)17/h5-6,8,12H,2-4,7H2,1H3. The van der Waals surface area contributed by atoms with Crippen LogP contribution < -0.4 is 5.76 Å². The lowest BCUT2D eigenvalue weighted by Crippen LogP contribution is -2.51. The van der Waals surface area contributed by atoms with Crippen molar-refractivity contribution in [1.29, 1.82) is 0 Å². The zero-order chi connectivity index (χ0) is 17.7. The van der Waals surface area contributed by atoms with E-state index >= 15 is 0 Å². The van der Waals surface area contributed by atoms with Crippen molar-refractivity contribution in [3.05, 3.63) is 28.7 Å². The minimum absolute atomic E-state index is 0.174. The van der Waals surface area contributed by atoms with E-state index in [9.17, 15) is 26.4 Å². The van der Waals surface area contributed by atoms with Crippen LogP contribution in [0.1, 0.15) is 19.3 Å². The third-order valence-electron chi connectivity index (χ3n) is 4.20. The third-order valence-corrected chi connectivity index (χ3v) is 6.11. The molecule has 2 aromatic rings. The Morgan fingerprint density at radius 3 is 2.62 bits per heavy atom. The van der Waals surface area contributed by atoms with Crippen molar-refractivity contribution in [1.82, 2.24) is 8.87 Å². The van der Waals surface area contributed by atoms with Crippen LogP contribution >= 0.6 is 0 Å². The highest BCUT2D eigenvalue weighted by molar-refractivity contribution is 7.89. The molecule has 1 aliphatic rings. The first-order valence-corrected chi connectivity index (χ1v) is 8.74. The van der Waals surface area contributed by atoms with Gasteiger partial charge in [0.2, 0.25) is 10.0 Å². The maximum absolute atomic E-state index is 13.2. The predicted octanol–water partition coefficient (Wildman–Crippen LogP) is 2.24. The quantitative estimate of drug-likeness (QED) is 0.819. The fourth-order valence-corrected chi connectivity index (χ4v) is 4.62. The number of hydrogen-bond acceptors (Lipinski definition) is 4. The molecule has 1 aromatic carbocycles. The molecule has 132 valence electrons. The SMILES string of the molecule is Cn1c(=O)oc2ccc(S(=O)(=O)N3CCCCC3C(F)(F)F)cc21. The first kappa shape index (κ1) is 17.0. The smallest absolute Gasteiger partial charge is 0.408 e. The molecule has 1 atom stereocenters. The van der Waals surface area contributed by atoms with Gasteiger partial charge in [0.15, 0.2) is 5.58 Å². The zero-order valence-corrected chi connectivity index (χ0v) is 13.5. The van der Waals surface area contributed by atoms with Crippen LogP contribution in [0.4, 0.5) is 13.2 Å². The van der Waals surface area contributed by atoms with Gasteiger partial charge in [0, 0.05) is 13.6 Å². The number of halogens is 3. The van der Waals surface area contributed by atoms with Crippen molar-refractivity contribution in [3.8, 4) is 0 Å². The van der Waals surface area contributed by atoms with Gasteiger partial charge in [-0.2, -0.15) is 17.5 Å². The second-order valence-corrected chi connectivity index (χ2v) is 7.62. The Hall–Kier alpha value is -1.81. The van der Waals surface area contributed by atoms with Crippen LogP contribution in [0.2, 0.25) is 0 Å². The van der Waals surface area contributed by atoms with Crippen molar-refractivity contribution >= 4 is 21.1 Å². The Morgan fingerprint density at radius 1 is 1.25 bits per heavy atom. The molecule has 0 aliphatic carbocycles. The molecule has 0 spiro atoms. The largest absolute Gasteiger partial charge is 0.419 e. The van der Waals surface area contributed by atoms with Crippen LogP contribution in [0.15, 0.2) is 32.3 Å². The van der Waals surface area contributed by atoms with E-state index in [1.807, 2.05) is 0 Å². The number of aryl methyl sites for hydroxylation is 1. The van der Waals surface area contributed by atoms with E-state index in [4.69, 9.17) is 4.42 Å². The second-order valence-electron chi connectivity index (χ2n) is 5.73. The van der Waals surface area contributed by atoms with E-state index in [2.05, 4.69) is 0 Å². The summed E-state index contributed by atoms with van der Waals surface area (Å²) in [5.74, 6) is -0.675. The Kier molecular flexibility index (Phi) is 3.99. The lowest BCUT2D eigenvalue weighted by Gasteiger charge is -2.35. The molecule has 1 unspecified atom stereocenters. The number of nitrogens with zero attached hydrogens (tertiary/aromatic N) is 2. The number of rotatable bonds is 2. The van der Waals surface area contributed by atoms with Crippen LogP contribution in [0.5, 0.6) is 0 Å². The normalized spacial score (nSPS) is 20.6. The Balaban J connectivity index is 2.09. The summed E-state index contributed by atoms with van der Waals surface area (Å²) in [7, 11) is -2.94. The highest BCUT2D eigenvalue weighted by Crippen LogP contribution is 2.35. The van der Waals surface area contributed by atoms with Crippen LogP contribution in [0, 0.1) is 0 Å². The van der Waals surface area contributed by atoms with Gasteiger partial charge in [0.25, 0.3) is 0 Å². The summed E-state index contributed by atoms with van der Waals surface area (Å²) in [6, 6.07) is 1.57. The molecule has 1 saturated heterocycles. The average molecular weight is 364 g/mol. The summed E-state index contributed by atoms with van der Waals surface area (Å²) in [4.78, 5) is 11.2. The molecule has 3 rings (SSSR count). The van der Waals surface area contributed by atoms with E-state index in [0.29, 0.717) is 17.1 Å². The first-order chi connectivity index (χ1) is 11.1. The number of sulfonamides is 1. The monoisotopic (exact) mass is 364 g/mol. The molecule has 0 bridgehead atoms. The number of piperidine rings is 1. The molecule has 2 heterocycles. The fourth-order valence-electron chi connectivity index (χ4n) is 2.92. The maximum atomic E-state index is 13.2. The van der Waals surface area contributed by atoms with Gasteiger partial charge in [-0.05, 0) is 31.0 Å². The highest BCUT2D eigenvalue weighted by atomic mass is 32.2. The predicted molar refractivity (Wildman–Crippen MR) is 79.0 cm³/mol. The van der Waals surface area contributed by atoms with Gasteiger partial charge in [0.05, 0.1) is 10.4 Å². The summed E-state index contributed by atoms with van der Waals surface area (Å²) < 4.78 is 71.5. The van der Waals surface area contributed by atoms with Gasteiger partial charge < -0.3 is 4.42 Å². The van der Waals surface area contributed by atoms with Crippen LogP contribution in [-0.2, 0) is 17.1 Å². The molecule has 10 heteroatoms. The van der Waals surface area contributed by atoms with E-state index in [-0.39, 0.29) is 29.0 Å². The lowest BCUT2D eigenvalue weighted by atomic mass is 10.0. The van der Waals surface area contributed by atoms with Crippen LogP contribution in [-0.4, -0.2) is 36.1 Å². The molecule has 1 aliphatic heterocycles. The van der Waals surface area contributed by atoms with Crippen molar-refractivity contribution in [2.75, 3.05) is 6.54 Å². The summed E-state index contributed by atoms with van der Waals surface area (Å²) in [5, 5.41) is 0. The van der Waals surface area contributed by atoms with Crippen molar-refractivity contribution in [2.24, 2.45) is 7.05 Å². The third kappa shape index (κ3) is 2.73. The van der Waals surface area contributed by atoms with Crippen molar-refractivity contribution in [2.45, 2.75) is 36.4 Å². The molecular weight excluding hydrogens is 349 g/mol. The molecule has 0 radical (unpaired) electrons. The maximum Gasteiger partial charge on any atom is 0.419 e. The van der Waals surface area contributed by atoms with Crippen LogP contribution in [0.3, 0.4) is 0 Å². The van der Waals surface area contributed by atoms with E-state index < -0.39 is 28.0 Å². The number of hydrogen-bond donors (Lipinski definition) is 0. The molecule has 1 aromatic heterocycles. The Bertz CT molecular complexity index is 930. The van der Waals surface area contributed by atoms with Crippen LogP contribution in [0.25, 0.3) is 11.1 Å². The molecular formula is C14H15F3N2O4S. The lowest BCUT2D eigenvalue weighted by molar-refractivity contribution is -0.177. The van der Waals surface area contributed by atoms with Gasteiger partial charge in [-0.25, -0.2) is 13.2 Å². The minimum atomic E-state index is -4.62. The fraction of sp³-hybridized carbons (Fsp3) is 0.500. The van der Waals surface area contributed by atoms with E-state index in [1.54, 1.807) is 0 Å². The number of oxazole rings is 1. The van der Waals surface area contributed by atoms with Crippen molar-refractivity contribution < 1.29 is 26.0 Å². The number of benzene rings is 1. The summed E-state index contributed by atoms with van der Waals surface area (Å²) >= 11 is 0. The van der Waals surface area contributed by atoms with Gasteiger partial charge in [-0.1, -0.05) is 6.42 Å². The average Bonchev–Trinajstić information content (AvgIpc) is 2.81. The van der Waals surface area contributed by atoms with Gasteiger partial charge in [-0.15, -0.1) is 0 Å². The molecule has 0 saturated carbocycles. The molecule has 0 amide bonds. The summed E-state index contributed by atoms with van der Waals surface area (Å²) in [5.41, 5.74) is 0.383. The molecule has 24 heavy (non-hydrogen) atoms. The molecule has 0 N–H and O–H groups in total. The second kappa shape index (κ2) is 5.62. The van der Waals surface area contributed by atoms with Gasteiger partial charge in [-0.3, -0.25) is 4.57 Å². The Morgan fingerprint density at radius 2 is 1.96 bits per heavy atom. The minimum Gasteiger partial charge on any atom is -0.408 e. The Labute approximate surface area is 135 Å². The number of alkyl halides is 3. The van der Waals surface area contributed by atoms with Gasteiger partial charge in [0.1, 0.15) is 6.04 Å². The molecule has 6 nitrogen and oxygen atoms in total. The zero-order valence-electron chi connectivity index (χ0n) is 12.7. The molecule has 1 fully saturated rings.